The average Bonchev–Trinajstić information content (AvgIpc) is 3.18. The summed E-state index contributed by atoms with van der Waals surface area (Å²) in [4.78, 5) is 19.0. The molecule has 4 aromatic rings. The molecule has 5 nitrogen and oxygen atoms in total. The van der Waals surface area contributed by atoms with Crippen molar-refractivity contribution in [1.29, 1.82) is 0 Å². The zero-order valence-electron chi connectivity index (χ0n) is 19.1. The first-order valence-corrected chi connectivity index (χ1v) is 12.2. The number of benzene rings is 2. The number of aromatic nitrogens is 2. The van der Waals surface area contributed by atoms with Crippen molar-refractivity contribution in [3.63, 3.8) is 0 Å². The highest BCUT2D eigenvalue weighted by molar-refractivity contribution is 9.10. The Balaban J connectivity index is 1.36. The lowest BCUT2D eigenvalue weighted by molar-refractivity contribution is 0.240. The number of carbonyl (C=O) groups is 1. The fraction of sp³-hybridized carbons (Fsp3) is 0.185. The first-order chi connectivity index (χ1) is 17.4. The fourth-order valence-electron chi connectivity index (χ4n) is 4.54. The molecule has 2 aromatic heterocycles. The summed E-state index contributed by atoms with van der Waals surface area (Å²) in [5.74, 6) is -2.32. The van der Waals surface area contributed by atoms with Gasteiger partial charge in [-0.05, 0) is 59.2 Å². The number of hydrogen-bond donors (Lipinski definition) is 1. The van der Waals surface area contributed by atoms with Crippen molar-refractivity contribution in [2.75, 3.05) is 13.1 Å². The quantitative estimate of drug-likeness (QED) is 0.306. The Morgan fingerprint density at radius 1 is 1.08 bits per heavy atom. The largest absolute Gasteiger partial charge is 0.333 e. The molecule has 1 aliphatic heterocycles. The summed E-state index contributed by atoms with van der Waals surface area (Å²) < 4.78 is 42.7. The standard InChI is InChI=1S/C27H22BrF3N4O/c28-19-4-6-24-20(14-19)21-16-34(10-1-2-17-3-5-22(29)23(30)12-17)11-8-25(21)35(24)27(36)33-15-18-7-9-32-26(31)13-18/h1-7,9,12-14H,8,10-11,15-16H2,(H,33,36). The molecule has 0 spiro atoms. The molecule has 0 fully saturated rings. The molecule has 0 saturated carbocycles. The highest BCUT2D eigenvalue weighted by Crippen LogP contribution is 2.33. The minimum absolute atomic E-state index is 0.185. The van der Waals surface area contributed by atoms with E-state index in [0.717, 1.165) is 39.2 Å². The van der Waals surface area contributed by atoms with Gasteiger partial charge in [0.1, 0.15) is 0 Å². The van der Waals surface area contributed by atoms with Crippen molar-refractivity contribution < 1.29 is 18.0 Å². The maximum absolute atomic E-state index is 13.5. The number of nitrogens with one attached hydrogen (secondary N) is 1. The van der Waals surface area contributed by atoms with Crippen molar-refractivity contribution in [2.24, 2.45) is 0 Å². The third-order valence-corrected chi connectivity index (χ3v) is 6.74. The molecule has 5 rings (SSSR count). The zero-order chi connectivity index (χ0) is 25.2. The van der Waals surface area contributed by atoms with Crippen molar-refractivity contribution in [2.45, 2.75) is 19.5 Å². The van der Waals surface area contributed by atoms with Crippen LogP contribution in [0.1, 0.15) is 22.4 Å². The number of halogens is 4. The molecule has 0 saturated heterocycles. The Kier molecular flexibility index (Phi) is 6.93. The van der Waals surface area contributed by atoms with E-state index < -0.39 is 17.6 Å². The molecular weight excluding hydrogens is 533 g/mol. The van der Waals surface area contributed by atoms with Crippen LogP contribution in [0.4, 0.5) is 18.0 Å². The summed E-state index contributed by atoms with van der Waals surface area (Å²) in [7, 11) is 0. The molecule has 1 aliphatic rings. The monoisotopic (exact) mass is 554 g/mol. The van der Waals surface area contributed by atoms with Crippen LogP contribution in [0.2, 0.25) is 0 Å². The molecule has 0 radical (unpaired) electrons. The maximum Gasteiger partial charge on any atom is 0.326 e. The van der Waals surface area contributed by atoms with Crippen molar-refractivity contribution in [1.82, 2.24) is 19.8 Å². The highest BCUT2D eigenvalue weighted by atomic mass is 79.9. The maximum atomic E-state index is 13.5. The lowest BCUT2D eigenvalue weighted by atomic mass is 10.0. The number of hydrogen-bond acceptors (Lipinski definition) is 3. The van der Waals surface area contributed by atoms with Crippen molar-refractivity contribution in [3.05, 3.63) is 105 Å². The number of fused-ring (bicyclic) bond motifs is 3. The second-order valence-electron chi connectivity index (χ2n) is 8.63. The summed E-state index contributed by atoms with van der Waals surface area (Å²) in [5, 5.41) is 3.88. The summed E-state index contributed by atoms with van der Waals surface area (Å²) >= 11 is 3.54. The topological polar surface area (TPSA) is 50.2 Å². The number of carbonyl (C=O) groups excluding carboxylic acids is 1. The van der Waals surface area contributed by atoms with Gasteiger partial charge in [-0.25, -0.2) is 18.6 Å². The van der Waals surface area contributed by atoms with Gasteiger partial charge in [0.2, 0.25) is 5.95 Å². The van der Waals surface area contributed by atoms with E-state index in [1.54, 1.807) is 16.7 Å². The van der Waals surface area contributed by atoms with E-state index in [1.807, 2.05) is 24.3 Å². The lowest BCUT2D eigenvalue weighted by Crippen LogP contribution is -2.34. The number of nitrogens with zero attached hydrogens (tertiary/aromatic N) is 3. The number of amides is 1. The summed E-state index contributed by atoms with van der Waals surface area (Å²) in [6, 6.07) is 12.3. The molecule has 0 atom stereocenters. The van der Waals surface area contributed by atoms with Crippen LogP contribution in [0.25, 0.3) is 17.0 Å². The SMILES string of the molecule is O=C(NCc1ccnc(F)c1)n1c2c(c3cc(Br)ccc31)CN(CC=Cc1ccc(F)c(F)c1)CC2. The predicted molar refractivity (Wildman–Crippen MR) is 136 cm³/mol. The van der Waals surface area contributed by atoms with Gasteiger partial charge in [0.05, 0.1) is 5.52 Å². The molecule has 1 amide bonds. The molecule has 3 heterocycles. The van der Waals surface area contributed by atoms with Crippen LogP contribution in [0.15, 0.2) is 65.3 Å². The minimum Gasteiger partial charge on any atom is -0.333 e. The Labute approximate surface area is 214 Å². The van der Waals surface area contributed by atoms with Gasteiger partial charge >= 0.3 is 6.03 Å². The van der Waals surface area contributed by atoms with Gasteiger partial charge in [-0.2, -0.15) is 4.39 Å². The van der Waals surface area contributed by atoms with E-state index in [2.05, 4.69) is 31.1 Å². The average molecular weight is 555 g/mol. The molecule has 36 heavy (non-hydrogen) atoms. The fourth-order valence-corrected chi connectivity index (χ4v) is 4.90. The van der Waals surface area contributed by atoms with Crippen LogP contribution in [0.3, 0.4) is 0 Å². The van der Waals surface area contributed by atoms with Crippen LogP contribution in [-0.2, 0) is 19.5 Å². The summed E-state index contributed by atoms with van der Waals surface area (Å²) in [6.07, 6.45) is 5.73. The predicted octanol–water partition coefficient (Wildman–Crippen LogP) is 6.05. The normalized spacial score (nSPS) is 13.9. The molecule has 184 valence electrons. The second kappa shape index (κ2) is 10.3. The van der Waals surface area contributed by atoms with E-state index in [1.165, 1.54) is 24.4 Å². The van der Waals surface area contributed by atoms with Gasteiger partial charge in [-0.15, -0.1) is 0 Å². The van der Waals surface area contributed by atoms with Crippen LogP contribution in [0, 0.1) is 17.6 Å². The molecule has 0 unspecified atom stereocenters. The molecule has 9 heteroatoms. The third-order valence-electron chi connectivity index (χ3n) is 6.24. The Morgan fingerprint density at radius 3 is 2.75 bits per heavy atom. The Bertz CT molecular complexity index is 1480. The zero-order valence-corrected chi connectivity index (χ0v) is 20.7. The molecule has 1 N–H and O–H groups in total. The van der Waals surface area contributed by atoms with E-state index in [0.29, 0.717) is 30.6 Å². The van der Waals surface area contributed by atoms with Gasteiger partial charge < -0.3 is 5.32 Å². The smallest absolute Gasteiger partial charge is 0.326 e. The van der Waals surface area contributed by atoms with Gasteiger partial charge in [-0.3, -0.25) is 9.47 Å². The van der Waals surface area contributed by atoms with E-state index in [-0.39, 0.29) is 12.6 Å². The van der Waals surface area contributed by atoms with Crippen LogP contribution >= 0.6 is 15.9 Å². The van der Waals surface area contributed by atoms with E-state index in [9.17, 15) is 18.0 Å². The molecular formula is C27H22BrF3N4O. The van der Waals surface area contributed by atoms with E-state index >= 15 is 0 Å². The lowest BCUT2D eigenvalue weighted by Gasteiger charge is -2.27. The van der Waals surface area contributed by atoms with Gasteiger partial charge in [0.25, 0.3) is 0 Å². The summed E-state index contributed by atoms with van der Waals surface area (Å²) in [5.41, 5.74) is 4.05. The number of pyridine rings is 1. The molecule has 0 bridgehead atoms. The minimum atomic E-state index is -0.870. The number of rotatable bonds is 5. The van der Waals surface area contributed by atoms with Crippen molar-refractivity contribution >= 4 is 38.9 Å². The van der Waals surface area contributed by atoms with Crippen LogP contribution < -0.4 is 5.32 Å². The molecule has 0 aliphatic carbocycles. The van der Waals surface area contributed by atoms with E-state index in [4.69, 9.17) is 0 Å². The van der Waals surface area contributed by atoms with Gasteiger partial charge in [0, 0.05) is 54.3 Å². The third kappa shape index (κ3) is 5.08. The van der Waals surface area contributed by atoms with Gasteiger partial charge in [0.15, 0.2) is 11.6 Å². The first kappa shape index (κ1) is 24.3. The second-order valence-corrected chi connectivity index (χ2v) is 9.54. The Hall–Kier alpha value is -3.43. The van der Waals surface area contributed by atoms with Crippen LogP contribution in [0.5, 0.6) is 0 Å². The van der Waals surface area contributed by atoms with Gasteiger partial charge in [-0.1, -0.05) is 34.1 Å². The van der Waals surface area contributed by atoms with Crippen LogP contribution in [-0.4, -0.2) is 33.6 Å². The first-order valence-electron chi connectivity index (χ1n) is 11.4. The molecule has 2 aromatic carbocycles. The Morgan fingerprint density at radius 2 is 1.94 bits per heavy atom. The highest BCUT2D eigenvalue weighted by Gasteiger charge is 2.26. The van der Waals surface area contributed by atoms with Crippen molar-refractivity contribution in [3.8, 4) is 0 Å². The summed E-state index contributed by atoms with van der Waals surface area (Å²) in [6.45, 7) is 2.18.